The van der Waals surface area contributed by atoms with Gasteiger partial charge in [-0.1, -0.05) is 60.7 Å². The molecule has 0 N–H and O–H groups in total. The summed E-state index contributed by atoms with van der Waals surface area (Å²) >= 11 is 1.59. The van der Waals surface area contributed by atoms with Crippen LogP contribution >= 0.6 is 0 Å². The van der Waals surface area contributed by atoms with Gasteiger partial charge in [0.05, 0.1) is 0 Å². The summed E-state index contributed by atoms with van der Waals surface area (Å²) in [5, 5.41) is 0. The zero-order valence-electron chi connectivity index (χ0n) is 12.3. The smallest absolute Gasteiger partial charge is 0.0184 e. The molecular weight excluding hydrogens is 343 g/mol. The van der Waals surface area contributed by atoms with Crippen LogP contribution in [0.2, 0.25) is 0 Å². The molecule has 4 rings (SSSR count). The fourth-order valence-electron chi connectivity index (χ4n) is 2.51. The molecule has 0 saturated heterocycles. The molecule has 22 heavy (non-hydrogen) atoms. The van der Waals surface area contributed by atoms with E-state index in [1.807, 2.05) is 12.1 Å². The third-order valence-corrected chi connectivity index (χ3v) is 4.92. The molecule has 1 atom stereocenters. The van der Waals surface area contributed by atoms with Gasteiger partial charge in [0.15, 0.2) is 0 Å². The fourth-order valence-corrected chi connectivity index (χ4v) is 3.39. The predicted molar refractivity (Wildman–Crippen MR) is 90.1 cm³/mol. The van der Waals surface area contributed by atoms with E-state index >= 15 is 0 Å². The molecule has 105 valence electrons. The van der Waals surface area contributed by atoms with E-state index < -0.39 is 0 Å². The molecular formula is C21H17Zr. The molecule has 0 aromatic heterocycles. The Balaban J connectivity index is 0.000000133. The number of allylic oxidation sites excluding steroid dienone is 1. The maximum Gasteiger partial charge on any atom is -0.0184 e. The topological polar surface area (TPSA) is 0 Å². The molecule has 1 unspecified atom stereocenters. The van der Waals surface area contributed by atoms with E-state index in [0.29, 0.717) is 3.63 Å². The van der Waals surface area contributed by atoms with Gasteiger partial charge in [-0.2, -0.15) is 0 Å². The summed E-state index contributed by atoms with van der Waals surface area (Å²) < 4.78 is 0.711. The second kappa shape index (κ2) is 7.52. The molecule has 0 heterocycles. The molecule has 3 aromatic rings. The van der Waals surface area contributed by atoms with Crippen LogP contribution in [0.1, 0.15) is 14.8 Å². The van der Waals surface area contributed by atoms with Crippen molar-refractivity contribution in [2.24, 2.45) is 0 Å². The molecule has 3 aromatic carbocycles. The summed E-state index contributed by atoms with van der Waals surface area (Å²) in [5.41, 5.74) is 5.46. The quantitative estimate of drug-likeness (QED) is 0.525. The van der Waals surface area contributed by atoms with Crippen molar-refractivity contribution in [2.45, 2.75) is 3.63 Å². The van der Waals surface area contributed by atoms with Crippen molar-refractivity contribution < 1.29 is 24.7 Å². The fraction of sp³-hybridized carbons (Fsp3) is 0.0476. The van der Waals surface area contributed by atoms with E-state index in [1.54, 1.807) is 24.7 Å². The van der Waals surface area contributed by atoms with E-state index in [1.165, 1.54) is 22.3 Å². The SMILES string of the molecule is [Zr][CH]1C=Cc2ccccc21.c1ccc(-c2ccccc2)cc1. The second-order valence-corrected chi connectivity index (χ2v) is 6.73. The Hall–Kier alpha value is -1.72. The Morgan fingerprint density at radius 1 is 0.591 bits per heavy atom. The molecule has 0 bridgehead atoms. The van der Waals surface area contributed by atoms with Gasteiger partial charge < -0.3 is 0 Å². The summed E-state index contributed by atoms with van der Waals surface area (Å²) in [6.07, 6.45) is 4.50. The zero-order chi connectivity index (χ0) is 15.2. The second-order valence-electron chi connectivity index (χ2n) is 5.20. The Kier molecular flexibility index (Phi) is 5.19. The average molecular weight is 361 g/mol. The molecule has 0 radical (unpaired) electrons. The maximum absolute atomic E-state index is 2.28. The molecule has 0 saturated carbocycles. The Morgan fingerprint density at radius 3 is 1.64 bits per heavy atom. The van der Waals surface area contributed by atoms with Gasteiger partial charge in [0.1, 0.15) is 0 Å². The first kappa shape index (κ1) is 15.2. The molecule has 0 spiro atoms. The molecule has 0 aliphatic heterocycles. The van der Waals surface area contributed by atoms with Crippen LogP contribution in [0.3, 0.4) is 0 Å². The van der Waals surface area contributed by atoms with E-state index in [-0.39, 0.29) is 0 Å². The minimum absolute atomic E-state index is 0.711. The number of hydrogen-bond donors (Lipinski definition) is 0. The van der Waals surface area contributed by atoms with Crippen LogP contribution in [-0.4, -0.2) is 0 Å². The molecule has 1 heteroatoms. The predicted octanol–water partition coefficient (Wildman–Crippen LogP) is 5.65. The number of benzene rings is 3. The van der Waals surface area contributed by atoms with Gasteiger partial charge in [-0.15, -0.1) is 0 Å². The monoisotopic (exact) mass is 359 g/mol. The van der Waals surface area contributed by atoms with E-state index in [0.717, 1.165) is 0 Å². The Bertz CT molecular complexity index is 708. The van der Waals surface area contributed by atoms with Gasteiger partial charge in [0, 0.05) is 0 Å². The van der Waals surface area contributed by atoms with E-state index in [4.69, 9.17) is 0 Å². The summed E-state index contributed by atoms with van der Waals surface area (Å²) in [4.78, 5) is 0. The first-order valence-corrected chi connectivity index (χ1v) is 8.85. The molecule has 0 amide bonds. The van der Waals surface area contributed by atoms with Gasteiger partial charge in [0.25, 0.3) is 0 Å². The molecule has 1 aliphatic rings. The summed E-state index contributed by atoms with van der Waals surface area (Å²) in [7, 11) is 0. The van der Waals surface area contributed by atoms with Crippen molar-refractivity contribution in [3.8, 4) is 11.1 Å². The maximum atomic E-state index is 2.28. The standard InChI is InChI=1S/C12H10.C9H7.Zr/c1-3-7-11(8-4-1)12-9-5-2-6-10-12;1-2-5-9-7-3-6-8(9)4-1;/h1-10H;1-7H;. The third kappa shape index (κ3) is 3.73. The van der Waals surface area contributed by atoms with Gasteiger partial charge in [-0.05, 0) is 11.1 Å². The number of rotatable bonds is 1. The molecule has 1 aliphatic carbocycles. The van der Waals surface area contributed by atoms with Crippen molar-refractivity contribution >= 4 is 6.08 Å². The van der Waals surface area contributed by atoms with Crippen LogP contribution in [0.5, 0.6) is 0 Å². The first-order valence-electron chi connectivity index (χ1n) is 7.43. The molecule has 0 nitrogen and oxygen atoms in total. The van der Waals surface area contributed by atoms with Gasteiger partial charge >= 0.3 is 75.9 Å². The van der Waals surface area contributed by atoms with Crippen molar-refractivity contribution in [3.63, 3.8) is 0 Å². The van der Waals surface area contributed by atoms with Crippen molar-refractivity contribution in [2.75, 3.05) is 0 Å². The van der Waals surface area contributed by atoms with Crippen LogP contribution in [0.15, 0.2) is 91.0 Å². The number of fused-ring (bicyclic) bond motifs is 1. The number of hydrogen-bond acceptors (Lipinski definition) is 0. The minimum Gasteiger partial charge on any atom is -0.0622 e. The van der Waals surface area contributed by atoms with Crippen LogP contribution in [0.25, 0.3) is 17.2 Å². The molecule has 0 fully saturated rings. The Morgan fingerprint density at radius 2 is 1.09 bits per heavy atom. The average Bonchev–Trinajstić information content (AvgIpc) is 2.99. The third-order valence-electron chi connectivity index (χ3n) is 3.68. The zero-order valence-corrected chi connectivity index (χ0v) is 14.8. The van der Waals surface area contributed by atoms with Gasteiger partial charge in [-0.3, -0.25) is 0 Å². The van der Waals surface area contributed by atoms with Crippen LogP contribution < -0.4 is 0 Å². The Labute approximate surface area is 147 Å². The van der Waals surface area contributed by atoms with E-state index in [9.17, 15) is 0 Å². The van der Waals surface area contributed by atoms with Gasteiger partial charge in [0.2, 0.25) is 0 Å². The summed E-state index contributed by atoms with van der Waals surface area (Å²) in [5.74, 6) is 0. The van der Waals surface area contributed by atoms with Crippen LogP contribution in [0, 0.1) is 0 Å². The van der Waals surface area contributed by atoms with Crippen molar-refractivity contribution in [1.82, 2.24) is 0 Å². The van der Waals surface area contributed by atoms with Crippen LogP contribution in [0.4, 0.5) is 0 Å². The normalized spacial score (nSPS) is 14.8. The van der Waals surface area contributed by atoms with Crippen molar-refractivity contribution in [3.05, 3.63) is 102 Å². The summed E-state index contributed by atoms with van der Waals surface area (Å²) in [6.45, 7) is 0. The first-order chi connectivity index (χ1) is 10.8. The van der Waals surface area contributed by atoms with Crippen LogP contribution in [-0.2, 0) is 24.7 Å². The van der Waals surface area contributed by atoms with Gasteiger partial charge in [-0.25, -0.2) is 0 Å². The van der Waals surface area contributed by atoms with E-state index in [2.05, 4.69) is 84.9 Å². The summed E-state index contributed by atoms with van der Waals surface area (Å²) in [6, 6.07) is 29.4. The minimum atomic E-state index is 0.711. The van der Waals surface area contributed by atoms with Crippen molar-refractivity contribution in [1.29, 1.82) is 0 Å². The largest absolute Gasteiger partial charge is 0.0622 e.